The second-order valence-corrected chi connectivity index (χ2v) is 8.46. The van der Waals surface area contributed by atoms with Gasteiger partial charge in [-0.3, -0.25) is 14.2 Å². The molecule has 5 nitrogen and oxygen atoms in total. The number of aryl methyl sites for hydroxylation is 2. The van der Waals surface area contributed by atoms with Crippen molar-refractivity contribution in [2.45, 2.75) is 38.6 Å². The fraction of sp³-hybridized carbons (Fsp3) is 0.316. The van der Waals surface area contributed by atoms with E-state index in [-0.39, 0.29) is 11.5 Å². The maximum Gasteiger partial charge on any atom is 0.263 e. The van der Waals surface area contributed by atoms with E-state index in [1.165, 1.54) is 15.8 Å². The first-order chi connectivity index (χ1) is 13.0. The normalized spacial score (nSPS) is 14.3. The van der Waals surface area contributed by atoms with Crippen LogP contribution in [0.25, 0.3) is 10.2 Å². The van der Waals surface area contributed by atoms with Crippen molar-refractivity contribution in [3.63, 3.8) is 0 Å². The molecule has 8 heteroatoms. The summed E-state index contributed by atoms with van der Waals surface area (Å²) in [4.78, 5) is 32.4. The van der Waals surface area contributed by atoms with Gasteiger partial charge in [0.1, 0.15) is 10.9 Å². The summed E-state index contributed by atoms with van der Waals surface area (Å²) in [5.74, 6) is -0.308. The number of carbonyl (C=O) groups is 1. The van der Waals surface area contributed by atoms with Gasteiger partial charge in [-0.1, -0.05) is 30.1 Å². The van der Waals surface area contributed by atoms with Crippen LogP contribution in [0, 0.1) is 0 Å². The Labute approximate surface area is 169 Å². The average Bonchev–Trinajstić information content (AvgIpc) is 3.21. The first-order valence-corrected chi connectivity index (χ1v) is 10.3. The van der Waals surface area contributed by atoms with E-state index in [2.05, 4.69) is 10.3 Å². The number of fused-ring (bicyclic) bond motifs is 3. The molecule has 0 radical (unpaired) electrons. The van der Waals surface area contributed by atoms with Crippen LogP contribution >= 0.6 is 34.5 Å². The number of rotatable bonds is 4. The molecule has 3 aromatic rings. The number of hydrogen-bond donors (Lipinski definition) is 1. The third-order valence-corrected chi connectivity index (χ3v) is 6.61. The van der Waals surface area contributed by atoms with Crippen molar-refractivity contribution in [1.29, 1.82) is 0 Å². The maximum absolute atomic E-state index is 13.1. The van der Waals surface area contributed by atoms with Gasteiger partial charge in [-0.2, -0.15) is 0 Å². The molecule has 1 N–H and O–H groups in total. The molecule has 0 fully saturated rings. The predicted octanol–water partition coefficient (Wildman–Crippen LogP) is 4.84. The Morgan fingerprint density at radius 3 is 2.93 bits per heavy atom. The van der Waals surface area contributed by atoms with Gasteiger partial charge in [0.25, 0.3) is 5.56 Å². The van der Waals surface area contributed by atoms with Crippen LogP contribution in [0.15, 0.2) is 29.3 Å². The van der Waals surface area contributed by atoms with Gasteiger partial charge >= 0.3 is 0 Å². The first kappa shape index (κ1) is 18.5. The zero-order valence-corrected chi connectivity index (χ0v) is 16.9. The lowest BCUT2D eigenvalue weighted by Gasteiger charge is -2.18. The SMILES string of the molecule is CCC(C(=O)Nc1ccc(Cl)cc1Cl)n1cnc2sc3c(c2c1=O)CCC3. The smallest absolute Gasteiger partial charge is 0.263 e. The average molecular weight is 422 g/mol. The fourth-order valence-electron chi connectivity index (χ4n) is 3.53. The maximum atomic E-state index is 13.1. The van der Waals surface area contributed by atoms with E-state index < -0.39 is 6.04 Å². The molecule has 4 rings (SSSR count). The third kappa shape index (κ3) is 3.26. The minimum Gasteiger partial charge on any atom is -0.323 e. The van der Waals surface area contributed by atoms with E-state index in [1.54, 1.807) is 29.5 Å². The standard InChI is InChI=1S/C19H17Cl2N3O2S/c1-2-14(17(25)23-13-7-6-10(20)8-12(13)21)24-9-22-18-16(19(24)26)11-4-3-5-15(11)27-18/h6-9,14H,2-5H2,1H3,(H,23,25). The van der Waals surface area contributed by atoms with Crippen LogP contribution in [0.1, 0.15) is 36.2 Å². The highest BCUT2D eigenvalue weighted by atomic mass is 35.5. The van der Waals surface area contributed by atoms with Crippen LogP contribution in [0.5, 0.6) is 0 Å². The van der Waals surface area contributed by atoms with Crippen LogP contribution in [-0.2, 0) is 17.6 Å². The van der Waals surface area contributed by atoms with Crippen molar-refractivity contribution in [3.05, 3.63) is 55.4 Å². The van der Waals surface area contributed by atoms with Crippen molar-refractivity contribution in [1.82, 2.24) is 9.55 Å². The molecule has 0 saturated heterocycles. The molecule has 1 aromatic carbocycles. The number of benzene rings is 1. The number of thiophene rings is 1. The molecule has 0 aliphatic heterocycles. The van der Waals surface area contributed by atoms with Crippen LogP contribution in [-0.4, -0.2) is 15.5 Å². The molecule has 0 saturated carbocycles. The number of aromatic nitrogens is 2. The topological polar surface area (TPSA) is 64.0 Å². The van der Waals surface area contributed by atoms with E-state index in [9.17, 15) is 9.59 Å². The highest BCUT2D eigenvalue weighted by Gasteiger charge is 2.25. The van der Waals surface area contributed by atoms with Gasteiger partial charge in [-0.05, 0) is 49.4 Å². The monoisotopic (exact) mass is 421 g/mol. The van der Waals surface area contributed by atoms with Crippen molar-refractivity contribution in [2.75, 3.05) is 5.32 Å². The lowest BCUT2D eigenvalue weighted by atomic mass is 10.1. The highest BCUT2D eigenvalue weighted by molar-refractivity contribution is 7.18. The van der Waals surface area contributed by atoms with Gasteiger partial charge in [0, 0.05) is 9.90 Å². The summed E-state index contributed by atoms with van der Waals surface area (Å²) in [6.45, 7) is 1.86. The third-order valence-electron chi connectivity index (χ3n) is 4.86. The molecule has 2 aromatic heterocycles. The quantitative estimate of drug-likeness (QED) is 0.654. The summed E-state index contributed by atoms with van der Waals surface area (Å²) < 4.78 is 1.44. The molecule has 0 bridgehead atoms. The van der Waals surface area contributed by atoms with Crippen LogP contribution in [0.2, 0.25) is 10.0 Å². The molecule has 1 aliphatic rings. The summed E-state index contributed by atoms with van der Waals surface area (Å²) in [6, 6.07) is 4.19. The van der Waals surface area contributed by atoms with Gasteiger partial charge in [-0.25, -0.2) is 4.98 Å². The van der Waals surface area contributed by atoms with Gasteiger partial charge in [0.15, 0.2) is 0 Å². The molecule has 140 valence electrons. The van der Waals surface area contributed by atoms with Crippen LogP contribution < -0.4 is 10.9 Å². The van der Waals surface area contributed by atoms with Gasteiger partial charge in [0.2, 0.25) is 5.91 Å². The van der Waals surface area contributed by atoms with E-state index in [4.69, 9.17) is 23.2 Å². The van der Waals surface area contributed by atoms with E-state index >= 15 is 0 Å². The Bertz CT molecular complexity index is 1110. The number of halogens is 2. The number of hydrogen-bond acceptors (Lipinski definition) is 4. The van der Waals surface area contributed by atoms with Gasteiger partial charge in [-0.15, -0.1) is 11.3 Å². The zero-order valence-electron chi connectivity index (χ0n) is 14.6. The predicted molar refractivity (Wildman–Crippen MR) is 110 cm³/mol. The van der Waals surface area contributed by atoms with Gasteiger partial charge in [0.05, 0.1) is 22.4 Å². The lowest BCUT2D eigenvalue weighted by molar-refractivity contribution is -0.119. The fourth-order valence-corrected chi connectivity index (χ4v) is 5.21. The summed E-state index contributed by atoms with van der Waals surface area (Å²) in [5.41, 5.74) is 1.42. The van der Waals surface area contributed by atoms with Crippen molar-refractivity contribution < 1.29 is 4.79 Å². The number of amides is 1. The van der Waals surface area contributed by atoms with Gasteiger partial charge < -0.3 is 5.32 Å². The number of anilines is 1. The van der Waals surface area contributed by atoms with Crippen LogP contribution in [0.3, 0.4) is 0 Å². The highest BCUT2D eigenvalue weighted by Crippen LogP contribution is 2.34. The minimum atomic E-state index is -0.668. The lowest BCUT2D eigenvalue weighted by Crippen LogP contribution is -2.33. The van der Waals surface area contributed by atoms with Crippen molar-refractivity contribution in [2.24, 2.45) is 0 Å². The molecule has 1 amide bonds. The number of nitrogens with zero attached hydrogens (tertiary/aromatic N) is 2. The second-order valence-electron chi connectivity index (χ2n) is 6.53. The summed E-state index contributed by atoms with van der Waals surface area (Å²) >= 11 is 13.6. The molecule has 2 heterocycles. The van der Waals surface area contributed by atoms with Crippen molar-refractivity contribution in [3.8, 4) is 0 Å². The Balaban J connectivity index is 1.71. The Hall–Kier alpha value is -1.89. The Morgan fingerprint density at radius 2 is 2.19 bits per heavy atom. The first-order valence-electron chi connectivity index (χ1n) is 8.77. The number of nitrogens with one attached hydrogen (secondary N) is 1. The minimum absolute atomic E-state index is 0.149. The number of carbonyl (C=O) groups excluding carboxylic acids is 1. The molecule has 0 spiro atoms. The summed E-state index contributed by atoms with van der Waals surface area (Å²) in [7, 11) is 0. The zero-order chi connectivity index (χ0) is 19.1. The molecular formula is C19H17Cl2N3O2S. The largest absolute Gasteiger partial charge is 0.323 e. The molecule has 1 unspecified atom stereocenters. The molecule has 27 heavy (non-hydrogen) atoms. The second kappa shape index (κ2) is 7.26. The van der Waals surface area contributed by atoms with Crippen molar-refractivity contribution >= 4 is 56.3 Å². The van der Waals surface area contributed by atoms with E-state index in [0.29, 0.717) is 27.5 Å². The molecule has 1 atom stereocenters. The van der Waals surface area contributed by atoms with E-state index in [0.717, 1.165) is 29.7 Å². The molecule has 1 aliphatic carbocycles. The van der Waals surface area contributed by atoms with E-state index in [1.807, 2.05) is 6.92 Å². The Morgan fingerprint density at radius 1 is 1.37 bits per heavy atom. The summed E-state index contributed by atoms with van der Waals surface area (Å²) in [6.07, 6.45) is 4.91. The summed E-state index contributed by atoms with van der Waals surface area (Å²) in [5, 5.41) is 4.30. The Kier molecular flexibility index (Phi) is 4.97. The van der Waals surface area contributed by atoms with Crippen LogP contribution in [0.4, 0.5) is 5.69 Å². The molecular weight excluding hydrogens is 405 g/mol.